The van der Waals surface area contributed by atoms with Gasteiger partial charge in [0.15, 0.2) is 5.78 Å². The highest BCUT2D eigenvalue weighted by Gasteiger charge is 2.19. The largest absolute Gasteiger partial charge is 0.385 e. The Morgan fingerprint density at radius 3 is 2.62 bits per heavy atom. The number of aliphatic hydroxyl groups excluding tert-OH is 1. The number of carbonyl (C=O) groups is 1. The number of rotatable bonds is 4. The van der Waals surface area contributed by atoms with Gasteiger partial charge in [0, 0.05) is 10.9 Å². The minimum absolute atomic E-state index is 0.105. The summed E-state index contributed by atoms with van der Waals surface area (Å²) in [7, 11) is 0. The quantitative estimate of drug-likeness (QED) is 0.925. The molecule has 0 aliphatic rings. The van der Waals surface area contributed by atoms with Gasteiger partial charge >= 0.3 is 0 Å². The fourth-order valence-electron chi connectivity index (χ4n) is 1.33. The zero-order valence-corrected chi connectivity index (χ0v) is 10.8. The Hall–Kier alpha value is -0.740. The van der Waals surface area contributed by atoms with Crippen molar-refractivity contribution in [1.82, 2.24) is 0 Å². The second-order valence-electron chi connectivity index (χ2n) is 4.07. The van der Waals surface area contributed by atoms with E-state index in [0.29, 0.717) is 10.0 Å². The van der Waals surface area contributed by atoms with Gasteiger partial charge in [-0.1, -0.05) is 35.8 Å². The molecule has 0 radical (unpaired) electrons. The fourth-order valence-corrected chi connectivity index (χ4v) is 1.82. The average molecular weight is 289 g/mol. The highest BCUT2D eigenvalue weighted by Crippen LogP contribution is 2.19. The lowest BCUT2D eigenvalue weighted by atomic mass is 9.98. The molecule has 0 amide bonds. The van der Waals surface area contributed by atoms with Crippen LogP contribution in [0.2, 0.25) is 0 Å². The summed E-state index contributed by atoms with van der Waals surface area (Å²) in [5, 5.41) is 9.56. The summed E-state index contributed by atoms with van der Waals surface area (Å²) in [4.78, 5) is 11.6. The maximum Gasteiger partial charge on any atom is 0.165 e. The Kier molecular flexibility index (Phi) is 4.62. The Balaban J connectivity index is 2.77. The SMILES string of the molecule is CC(C)C(O)C(=O)Cc1ccc(F)cc1Br. The molecule has 0 aliphatic carbocycles. The molecule has 88 valence electrons. The van der Waals surface area contributed by atoms with Crippen LogP contribution in [-0.4, -0.2) is 17.0 Å². The minimum Gasteiger partial charge on any atom is -0.385 e. The van der Waals surface area contributed by atoms with E-state index >= 15 is 0 Å². The predicted molar refractivity (Wildman–Crippen MR) is 63.7 cm³/mol. The third-order valence-electron chi connectivity index (χ3n) is 2.34. The van der Waals surface area contributed by atoms with E-state index in [4.69, 9.17) is 0 Å². The molecular weight excluding hydrogens is 275 g/mol. The number of halogens is 2. The van der Waals surface area contributed by atoms with Crippen molar-refractivity contribution in [1.29, 1.82) is 0 Å². The first-order chi connectivity index (χ1) is 7.41. The van der Waals surface area contributed by atoms with Crippen LogP contribution in [0.5, 0.6) is 0 Å². The molecule has 0 aliphatic heterocycles. The minimum atomic E-state index is -0.961. The van der Waals surface area contributed by atoms with Crippen LogP contribution >= 0.6 is 15.9 Å². The molecule has 1 aromatic rings. The summed E-state index contributed by atoms with van der Waals surface area (Å²) in [5.74, 6) is -0.707. The van der Waals surface area contributed by atoms with Gasteiger partial charge in [0.05, 0.1) is 0 Å². The van der Waals surface area contributed by atoms with Crippen LogP contribution in [0.4, 0.5) is 4.39 Å². The van der Waals surface area contributed by atoms with Crippen molar-refractivity contribution in [3.8, 4) is 0 Å². The number of hydrogen-bond acceptors (Lipinski definition) is 2. The standard InChI is InChI=1S/C12H14BrFO2/c1-7(2)12(16)11(15)5-8-3-4-9(14)6-10(8)13/h3-4,6-7,12,16H,5H2,1-2H3. The molecule has 0 saturated carbocycles. The molecule has 1 unspecified atom stereocenters. The lowest BCUT2D eigenvalue weighted by Crippen LogP contribution is -2.27. The first kappa shape index (κ1) is 13.3. The Bertz CT molecular complexity index is 391. The van der Waals surface area contributed by atoms with Crippen molar-refractivity contribution < 1.29 is 14.3 Å². The number of benzene rings is 1. The van der Waals surface area contributed by atoms with Gasteiger partial charge in [-0.15, -0.1) is 0 Å². The van der Waals surface area contributed by atoms with Crippen molar-refractivity contribution in [3.05, 3.63) is 34.1 Å². The van der Waals surface area contributed by atoms with E-state index in [0.717, 1.165) is 0 Å². The monoisotopic (exact) mass is 288 g/mol. The van der Waals surface area contributed by atoms with E-state index in [2.05, 4.69) is 15.9 Å². The number of aliphatic hydroxyl groups is 1. The molecule has 1 atom stereocenters. The van der Waals surface area contributed by atoms with E-state index in [1.807, 2.05) is 0 Å². The van der Waals surface area contributed by atoms with Gasteiger partial charge in [0.25, 0.3) is 0 Å². The van der Waals surface area contributed by atoms with Gasteiger partial charge in [0.1, 0.15) is 11.9 Å². The van der Waals surface area contributed by atoms with E-state index in [-0.39, 0.29) is 23.9 Å². The summed E-state index contributed by atoms with van der Waals surface area (Å²) in [6.45, 7) is 3.56. The molecule has 1 rings (SSSR count). The molecule has 1 aromatic carbocycles. The molecule has 0 spiro atoms. The van der Waals surface area contributed by atoms with Crippen LogP contribution in [0.15, 0.2) is 22.7 Å². The fraction of sp³-hybridized carbons (Fsp3) is 0.417. The molecule has 0 bridgehead atoms. The Labute approximate surface area is 103 Å². The molecule has 0 heterocycles. The van der Waals surface area contributed by atoms with E-state index in [1.54, 1.807) is 19.9 Å². The van der Waals surface area contributed by atoms with Crippen LogP contribution < -0.4 is 0 Å². The van der Waals surface area contributed by atoms with Crippen molar-refractivity contribution in [3.63, 3.8) is 0 Å². The lowest BCUT2D eigenvalue weighted by Gasteiger charge is -2.13. The van der Waals surface area contributed by atoms with Crippen LogP contribution in [0.25, 0.3) is 0 Å². The van der Waals surface area contributed by atoms with Crippen LogP contribution in [0.1, 0.15) is 19.4 Å². The van der Waals surface area contributed by atoms with Crippen LogP contribution in [0.3, 0.4) is 0 Å². The highest BCUT2D eigenvalue weighted by molar-refractivity contribution is 9.10. The van der Waals surface area contributed by atoms with Crippen molar-refractivity contribution >= 4 is 21.7 Å². The summed E-state index contributed by atoms with van der Waals surface area (Å²) < 4.78 is 13.4. The maximum absolute atomic E-state index is 12.8. The number of hydrogen-bond donors (Lipinski definition) is 1. The maximum atomic E-state index is 12.8. The average Bonchev–Trinajstić information content (AvgIpc) is 2.20. The first-order valence-corrected chi connectivity index (χ1v) is 5.86. The number of carbonyl (C=O) groups excluding carboxylic acids is 1. The van der Waals surface area contributed by atoms with Gasteiger partial charge in [-0.25, -0.2) is 4.39 Å². The zero-order chi connectivity index (χ0) is 12.3. The first-order valence-electron chi connectivity index (χ1n) is 5.06. The smallest absolute Gasteiger partial charge is 0.165 e. The summed E-state index contributed by atoms with van der Waals surface area (Å²) >= 11 is 3.19. The summed E-state index contributed by atoms with van der Waals surface area (Å²) in [5.41, 5.74) is 0.686. The van der Waals surface area contributed by atoms with Gasteiger partial charge in [-0.3, -0.25) is 4.79 Å². The Morgan fingerprint density at radius 2 is 2.12 bits per heavy atom. The van der Waals surface area contributed by atoms with Crippen molar-refractivity contribution in [2.24, 2.45) is 5.92 Å². The molecule has 16 heavy (non-hydrogen) atoms. The third-order valence-corrected chi connectivity index (χ3v) is 3.08. The molecule has 1 N–H and O–H groups in total. The highest BCUT2D eigenvalue weighted by atomic mass is 79.9. The van der Waals surface area contributed by atoms with Gasteiger partial charge in [0.2, 0.25) is 0 Å². The topological polar surface area (TPSA) is 37.3 Å². The van der Waals surface area contributed by atoms with Crippen LogP contribution in [0, 0.1) is 11.7 Å². The molecule has 4 heteroatoms. The molecule has 0 aromatic heterocycles. The molecule has 0 saturated heterocycles. The zero-order valence-electron chi connectivity index (χ0n) is 9.21. The number of Topliss-reactive ketones (excluding diaryl/α,β-unsaturated/α-hetero) is 1. The normalized spacial score (nSPS) is 12.9. The Morgan fingerprint density at radius 1 is 1.50 bits per heavy atom. The second kappa shape index (κ2) is 5.55. The van der Waals surface area contributed by atoms with E-state index in [9.17, 15) is 14.3 Å². The molecule has 2 nitrogen and oxygen atoms in total. The van der Waals surface area contributed by atoms with Gasteiger partial charge < -0.3 is 5.11 Å². The van der Waals surface area contributed by atoms with Crippen LogP contribution in [-0.2, 0) is 11.2 Å². The predicted octanol–water partition coefficient (Wildman–Crippen LogP) is 2.72. The van der Waals surface area contributed by atoms with Gasteiger partial charge in [-0.05, 0) is 23.6 Å². The second-order valence-corrected chi connectivity index (χ2v) is 4.92. The van der Waals surface area contributed by atoms with Crippen molar-refractivity contribution in [2.45, 2.75) is 26.4 Å². The third kappa shape index (κ3) is 3.39. The lowest BCUT2D eigenvalue weighted by molar-refractivity contribution is -0.128. The number of ketones is 1. The molecule has 0 fully saturated rings. The molecular formula is C12H14BrFO2. The van der Waals surface area contributed by atoms with Crippen molar-refractivity contribution in [2.75, 3.05) is 0 Å². The van der Waals surface area contributed by atoms with Gasteiger partial charge in [-0.2, -0.15) is 0 Å². The van der Waals surface area contributed by atoms with E-state index < -0.39 is 6.10 Å². The summed E-state index contributed by atoms with van der Waals surface area (Å²) in [6, 6.07) is 4.16. The van der Waals surface area contributed by atoms with E-state index in [1.165, 1.54) is 12.1 Å². The summed E-state index contributed by atoms with van der Waals surface area (Å²) in [6.07, 6.45) is -0.850.